The standard InChI is InChI=1S/C23H24N2O3/c1-16-13-17-5-2-3-6-20(17)25(16)15-23(26)24-10-4-7-19(24)18-8-9-21-22(14-18)28-12-11-27-21/h2-3,5-6,8-9,13-14,19H,4,7,10-12,15H2,1H3. The van der Waals surface area contributed by atoms with E-state index in [1.54, 1.807) is 0 Å². The number of benzene rings is 2. The lowest BCUT2D eigenvalue weighted by molar-refractivity contribution is -0.132. The number of rotatable bonds is 3. The van der Waals surface area contributed by atoms with Crippen LogP contribution in [0.5, 0.6) is 11.5 Å². The van der Waals surface area contributed by atoms with Gasteiger partial charge in [0, 0.05) is 17.8 Å². The Balaban J connectivity index is 1.40. The Bertz CT molecular complexity index is 1040. The molecule has 144 valence electrons. The van der Waals surface area contributed by atoms with Gasteiger partial charge in [0.1, 0.15) is 19.8 Å². The number of hydrogen-bond acceptors (Lipinski definition) is 3. The number of aromatic nitrogens is 1. The summed E-state index contributed by atoms with van der Waals surface area (Å²) in [6.45, 7) is 4.40. The molecule has 0 saturated carbocycles. The van der Waals surface area contributed by atoms with E-state index in [1.807, 2.05) is 29.2 Å². The summed E-state index contributed by atoms with van der Waals surface area (Å²) in [6.07, 6.45) is 2.01. The summed E-state index contributed by atoms with van der Waals surface area (Å²) in [4.78, 5) is 15.3. The zero-order chi connectivity index (χ0) is 19.1. The molecule has 2 aliphatic rings. The molecule has 1 unspecified atom stereocenters. The molecular weight excluding hydrogens is 352 g/mol. The molecule has 28 heavy (non-hydrogen) atoms. The summed E-state index contributed by atoms with van der Waals surface area (Å²) in [7, 11) is 0. The molecule has 0 N–H and O–H groups in total. The molecule has 1 amide bonds. The summed E-state index contributed by atoms with van der Waals surface area (Å²) < 4.78 is 13.5. The van der Waals surface area contributed by atoms with E-state index in [0.29, 0.717) is 19.8 Å². The van der Waals surface area contributed by atoms with E-state index in [0.717, 1.165) is 47.7 Å². The van der Waals surface area contributed by atoms with Crippen molar-refractivity contribution in [3.8, 4) is 11.5 Å². The summed E-state index contributed by atoms with van der Waals surface area (Å²) in [5, 5.41) is 1.18. The van der Waals surface area contributed by atoms with Gasteiger partial charge in [-0.1, -0.05) is 24.3 Å². The Morgan fingerprint density at radius 2 is 1.89 bits per heavy atom. The highest BCUT2D eigenvalue weighted by atomic mass is 16.6. The van der Waals surface area contributed by atoms with Gasteiger partial charge in [-0.05, 0) is 55.0 Å². The average molecular weight is 376 g/mol. The van der Waals surface area contributed by atoms with Crippen molar-refractivity contribution < 1.29 is 14.3 Å². The monoisotopic (exact) mass is 376 g/mol. The van der Waals surface area contributed by atoms with Gasteiger partial charge in [-0.3, -0.25) is 4.79 Å². The van der Waals surface area contributed by atoms with Crippen LogP contribution in [0.2, 0.25) is 0 Å². The number of aryl methyl sites for hydroxylation is 1. The van der Waals surface area contributed by atoms with Crippen molar-refractivity contribution in [1.29, 1.82) is 0 Å². The summed E-state index contributed by atoms with van der Waals surface area (Å²) >= 11 is 0. The van der Waals surface area contributed by atoms with E-state index in [2.05, 4.69) is 35.8 Å². The molecule has 0 bridgehead atoms. The fraction of sp³-hybridized carbons (Fsp3) is 0.348. The van der Waals surface area contributed by atoms with Crippen LogP contribution >= 0.6 is 0 Å². The highest BCUT2D eigenvalue weighted by molar-refractivity contribution is 5.84. The highest BCUT2D eigenvalue weighted by Crippen LogP contribution is 2.38. The van der Waals surface area contributed by atoms with Crippen LogP contribution in [0.3, 0.4) is 0 Å². The van der Waals surface area contributed by atoms with Crippen molar-refractivity contribution in [2.24, 2.45) is 0 Å². The molecule has 2 aliphatic heterocycles. The molecule has 3 heterocycles. The van der Waals surface area contributed by atoms with Gasteiger partial charge in [-0.15, -0.1) is 0 Å². The van der Waals surface area contributed by atoms with Crippen molar-refractivity contribution in [2.75, 3.05) is 19.8 Å². The van der Waals surface area contributed by atoms with Crippen LogP contribution in [-0.4, -0.2) is 35.1 Å². The molecule has 5 nitrogen and oxygen atoms in total. The molecule has 1 atom stereocenters. The number of para-hydroxylation sites is 1. The van der Waals surface area contributed by atoms with Crippen molar-refractivity contribution >= 4 is 16.8 Å². The lowest BCUT2D eigenvalue weighted by atomic mass is 10.0. The van der Waals surface area contributed by atoms with Crippen LogP contribution in [0.1, 0.15) is 30.1 Å². The van der Waals surface area contributed by atoms with Crippen molar-refractivity contribution in [3.05, 3.63) is 59.8 Å². The summed E-state index contributed by atoms with van der Waals surface area (Å²) in [5.41, 5.74) is 3.36. The Kier molecular flexibility index (Phi) is 4.23. The molecule has 2 aromatic carbocycles. The van der Waals surface area contributed by atoms with Crippen LogP contribution in [-0.2, 0) is 11.3 Å². The predicted octanol–water partition coefficient (Wildman–Crippen LogP) is 4.08. The predicted molar refractivity (Wildman–Crippen MR) is 108 cm³/mol. The van der Waals surface area contributed by atoms with Crippen LogP contribution in [0, 0.1) is 6.92 Å². The van der Waals surface area contributed by atoms with Crippen molar-refractivity contribution in [2.45, 2.75) is 32.4 Å². The SMILES string of the molecule is Cc1cc2ccccc2n1CC(=O)N1CCCC1c1ccc2c(c1)OCCO2. The Labute approximate surface area is 164 Å². The second kappa shape index (κ2) is 6.89. The third kappa shape index (κ3) is 2.91. The fourth-order valence-corrected chi connectivity index (χ4v) is 4.46. The van der Waals surface area contributed by atoms with Gasteiger partial charge in [0.25, 0.3) is 0 Å². The normalized spacial score (nSPS) is 18.6. The molecule has 0 spiro atoms. The maximum atomic E-state index is 13.2. The van der Waals surface area contributed by atoms with Crippen molar-refractivity contribution in [1.82, 2.24) is 9.47 Å². The lowest BCUT2D eigenvalue weighted by Gasteiger charge is -2.27. The minimum absolute atomic E-state index is 0.102. The average Bonchev–Trinajstić information content (AvgIpc) is 3.33. The molecular formula is C23H24N2O3. The second-order valence-electron chi connectivity index (χ2n) is 7.58. The van der Waals surface area contributed by atoms with Crippen LogP contribution in [0.25, 0.3) is 10.9 Å². The van der Waals surface area contributed by atoms with Gasteiger partial charge in [0.2, 0.25) is 5.91 Å². The number of likely N-dealkylation sites (tertiary alicyclic amines) is 1. The maximum absolute atomic E-state index is 13.2. The van der Waals surface area contributed by atoms with E-state index in [4.69, 9.17) is 9.47 Å². The summed E-state index contributed by atoms with van der Waals surface area (Å²) in [6, 6.07) is 16.6. The topological polar surface area (TPSA) is 43.7 Å². The second-order valence-corrected chi connectivity index (χ2v) is 7.58. The van der Waals surface area contributed by atoms with Crippen LogP contribution in [0.15, 0.2) is 48.5 Å². The van der Waals surface area contributed by atoms with Crippen molar-refractivity contribution in [3.63, 3.8) is 0 Å². The number of hydrogen-bond donors (Lipinski definition) is 0. The first-order valence-electron chi connectivity index (χ1n) is 9.94. The third-order valence-corrected chi connectivity index (χ3v) is 5.84. The summed E-state index contributed by atoms with van der Waals surface area (Å²) in [5.74, 6) is 1.75. The van der Waals surface area contributed by atoms with E-state index in [-0.39, 0.29) is 11.9 Å². The molecule has 1 fully saturated rings. The zero-order valence-electron chi connectivity index (χ0n) is 16.1. The number of amides is 1. The van der Waals surface area contributed by atoms with E-state index < -0.39 is 0 Å². The van der Waals surface area contributed by atoms with Gasteiger partial charge >= 0.3 is 0 Å². The van der Waals surface area contributed by atoms with Crippen LogP contribution < -0.4 is 9.47 Å². The largest absolute Gasteiger partial charge is 0.486 e. The molecule has 0 aliphatic carbocycles. The van der Waals surface area contributed by atoms with E-state index >= 15 is 0 Å². The third-order valence-electron chi connectivity index (χ3n) is 5.84. The number of carbonyl (C=O) groups excluding carboxylic acids is 1. The first-order valence-corrected chi connectivity index (χ1v) is 9.94. The number of ether oxygens (including phenoxy) is 2. The van der Waals surface area contributed by atoms with Gasteiger partial charge in [0.15, 0.2) is 11.5 Å². The smallest absolute Gasteiger partial charge is 0.243 e. The minimum Gasteiger partial charge on any atom is -0.486 e. The molecule has 5 rings (SSSR count). The Hall–Kier alpha value is -2.95. The van der Waals surface area contributed by atoms with Gasteiger partial charge < -0.3 is 18.9 Å². The molecule has 1 saturated heterocycles. The quantitative estimate of drug-likeness (QED) is 0.692. The molecule has 0 radical (unpaired) electrons. The number of fused-ring (bicyclic) bond motifs is 2. The zero-order valence-corrected chi connectivity index (χ0v) is 16.1. The fourth-order valence-electron chi connectivity index (χ4n) is 4.46. The first kappa shape index (κ1) is 17.2. The Morgan fingerprint density at radius 1 is 1.07 bits per heavy atom. The number of carbonyl (C=O) groups is 1. The Morgan fingerprint density at radius 3 is 2.79 bits per heavy atom. The molecule has 1 aromatic heterocycles. The lowest BCUT2D eigenvalue weighted by Crippen LogP contribution is -2.33. The van der Waals surface area contributed by atoms with Crippen LogP contribution in [0.4, 0.5) is 0 Å². The van der Waals surface area contributed by atoms with Gasteiger partial charge in [-0.25, -0.2) is 0 Å². The molecule has 5 heteroatoms. The number of nitrogens with zero attached hydrogens (tertiary/aromatic N) is 2. The van der Waals surface area contributed by atoms with Gasteiger partial charge in [-0.2, -0.15) is 0 Å². The minimum atomic E-state index is 0.102. The molecule has 3 aromatic rings. The first-order chi connectivity index (χ1) is 13.7. The maximum Gasteiger partial charge on any atom is 0.243 e. The van der Waals surface area contributed by atoms with E-state index in [9.17, 15) is 4.79 Å². The van der Waals surface area contributed by atoms with Gasteiger partial charge in [0.05, 0.1) is 6.04 Å². The highest BCUT2D eigenvalue weighted by Gasteiger charge is 2.31. The van der Waals surface area contributed by atoms with E-state index in [1.165, 1.54) is 5.39 Å².